The minimum absolute atomic E-state index is 0.0328. The number of carbonyl (C=O) groups excluding carboxylic acids is 1. The Morgan fingerprint density at radius 2 is 1.90 bits per heavy atom. The molecule has 3 aromatic carbocycles. The second-order valence-corrected chi connectivity index (χ2v) is 7.92. The van der Waals surface area contributed by atoms with E-state index in [4.69, 9.17) is 10.2 Å². The van der Waals surface area contributed by atoms with Crippen LogP contribution < -0.4 is 11.1 Å². The molecule has 1 amide bonds. The first-order chi connectivity index (χ1) is 14.1. The third-order valence-electron chi connectivity index (χ3n) is 4.49. The van der Waals surface area contributed by atoms with Crippen LogP contribution in [0.15, 0.2) is 82.1 Å². The second-order valence-electron chi connectivity index (χ2n) is 6.64. The molecule has 0 spiro atoms. The van der Waals surface area contributed by atoms with E-state index in [-0.39, 0.29) is 11.2 Å². The number of amides is 1. The molecule has 0 aliphatic heterocycles. The van der Waals surface area contributed by atoms with Crippen molar-refractivity contribution in [1.29, 1.82) is 0 Å². The predicted molar refractivity (Wildman–Crippen MR) is 119 cm³/mol. The number of aromatic nitrogens is 1. The van der Waals surface area contributed by atoms with Gasteiger partial charge in [0.2, 0.25) is 11.8 Å². The average molecular weight is 404 g/mol. The number of hydrogen-bond acceptors (Lipinski definition) is 5. The highest BCUT2D eigenvalue weighted by Crippen LogP contribution is 2.29. The lowest BCUT2D eigenvalue weighted by Crippen LogP contribution is -2.24. The number of nitrogen functional groups attached to an aromatic ring is 1. The van der Waals surface area contributed by atoms with Crippen LogP contribution in [0, 0.1) is 0 Å². The van der Waals surface area contributed by atoms with Crippen molar-refractivity contribution in [2.24, 2.45) is 0 Å². The number of nitrogens with one attached hydrogen (secondary N) is 1. The molecule has 0 saturated carbocycles. The molecule has 0 fully saturated rings. The van der Waals surface area contributed by atoms with Gasteiger partial charge in [-0.1, -0.05) is 25.1 Å². The Balaban J connectivity index is 1.45. The van der Waals surface area contributed by atoms with Gasteiger partial charge >= 0.3 is 0 Å². The monoisotopic (exact) mass is 403 g/mol. The zero-order chi connectivity index (χ0) is 20.2. The summed E-state index contributed by atoms with van der Waals surface area (Å²) in [5, 5.41) is 2.79. The Hall–Kier alpha value is -3.25. The number of nitrogens with two attached hydrogens (primary N) is 1. The number of nitrogens with zero attached hydrogens (tertiary/aromatic N) is 1. The Kier molecular flexibility index (Phi) is 5.53. The van der Waals surface area contributed by atoms with E-state index in [0.29, 0.717) is 18.0 Å². The zero-order valence-corrected chi connectivity index (χ0v) is 16.8. The van der Waals surface area contributed by atoms with Crippen molar-refractivity contribution in [3.63, 3.8) is 0 Å². The fourth-order valence-electron chi connectivity index (χ4n) is 2.99. The van der Waals surface area contributed by atoms with E-state index in [1.165, 1.54) is 11.8 Å². The number of fused-ring (bicyclic) bond motifs is 1. The summed E-state index contributed by atoms with van der Waals surface area (Å²) in [5.74, 6) is 0.530. The van der Waals surface area contributed by atoms with Crippen LogP contribution in [0.5, 0.6) is 0 Å². The molecular formula is C23H21N3O2S. The van der Waals surface area contributed by atoms with Crippen LogP contribution in [-0.2, 0) is 4.79 Å². The van der Waals surface area contributed by atoms with Gasteiger partial charge in [-0.25, -0.2) is 4.98 Å². The van der Waals surface area contributed by atoms with Gasteiger partial charge < -0.3 is 15.5 Å². The molecule has 0 saturated heterocycles. The number of carbonyl (C=O) groups is 1. The topological polar surface area (TPSA) is 81.2 Å². The Bertz CT molecular complexity index is 1110. The number of hydrogen-bond donors (Lipinski definition) is 2. The molecule has 4 rings (SSSR count). The maximum atomic E-state index is 12.7. The molecule has 1 atom stereocenters. The van der Waals surface area contributed by atoms with E-state index in [0.717, 1.165) is 27.2 Å². The third-order valence-corrected chi connectivity index (χ3v) is 5.85. The minimum Gasteiger partial charge on any atom is -0.436 e. The van der Waals surface area contributed by atoms with Gasteiger partial charge in [0.1, 0.15) is 5.52 Å². The molecule has 5 nitrogen and oxygen atoms in total. The molecular weight excluding hydrogens is 382 g/mol. The predicted octanol–water partition coefficient (Wildman–Crippen LogP) is 5.59. The molecule has 29 heavy (non-hydrogen) atoms. The van der Waals surface area contributed by atoms with Crippen LogP contribution in [0.2, 0.25) is 0 Å². The van der Waals surface area contributed by atoms with Gasteiger partial charge in [-0.3, -0.25) is 4.79 Å². The van der Waals surface area contributed by atoms with Gasteiger partial charge in [0.15, 0.2) is 5.58 Å². The fraction of sp³-hybridized carbons (Fsp3) is 0.130. The molecule has 1 unspecified atom stereocenters. The highest BCUT2D eigenvalue weighted by atomic mass is 32.2. The van der Waals surface area contributed by atoms with E-state index in [1.54, 1.807) is 0 Å². The lowest BCUT2D eigenvalue weighted by molar-refractivity contribution is -0.115. The van der Waals surface area contributed by atoms with Gasteiger partial charge in [0, 0.05) is 21.8 Å². The molecule has 4 aromatic rings. The number of para-hydroxylation sites is 2. The zero-order valence-electron chi connectivity index (χ0n) is 16.0. The maximum absolute atomic E-state index is 12.7. The van der Waals surface area contributed by atoms with Crippen molar-refractivity contribution in [2.45, 2.75) is 23.5 Å². The maximum Gasteiger partial charge on any atom is 0.237 e. The number of benzene rings is 3. The normalized spacial score (nSPS) is 12.0. The standard InChI is InChI=1S/C23H21N3O2S/c1-2-21(29-18-7-5-6-16(24)14-18)22(27)25-17-12-10-15(11-13-17)23-26-19-8-3-4-9-20(19)28-23/h3-14,21H,2,24H2,1H3,(H,25,27). The molecule has 146 valence electrons. The Labute approximate surface area is 173 Å². The molecule has 1 heterocycles. The lowest BCUT2D eigenvalue weighted by Gasteiger charge is -2.15. The summed E-state index contributed by atoms with van der Waals surface area (Å²) < 4.78 is 5.79. The first-order valence-corrected chi connectivity index (χ1v) is 10.3. The summed E-state index contributed by atoms with van der Waals surface area (Å²) in [5.41, 5.74) is 9.71. The van der Waals surface area contributed by atoms with E-state index in [1.807, 2.05) is 79.7 Å². The largest absolute Gasteiger partial charge is 0.436 e. The summed E-state index contributed by atoms with van der Waals surface area (Å²) in [4.78, 5) is 18.2. The molecule has 6 heteroatoms. The number of rotatable bonds is 6. The summed E-state index contributed by atoms with van der Waals surface area (Å²) in [6.07, 6.45) is 0.715. The smallest absolute Gasteiger partial charge is 0.237 e. The Morgan fingerprint density at radius 1 is 1.10 bits per heavy atom. The minimum atomic E-state index is -0.200. The highest BCUT2D eigenvalue weighted by molar-refractivity contribution is 8.00. The average Bonchev–Trinajstić information content (AvgIpc) is 3.17. The summed E-state index contributed by atoms with van der Waals surface area (Å²) in [7, 11) is 0. The first-order valence-electron chi connectivity index (χ1n) is 9.41. The van der Waals surface area contributed by atoms with E-state index in [9.17, 15) is 4.79 Å². The summed E-state index contributed by atoms with van der Waals surface area (Å²) in [6.45, 7) is 2.00. The summed E-state index contributed by atoms with van der Waals surface area (Å²) in [6, 6.07) is 22.8. The molecule has 3 N–H and O–H groups in total. The van der Waals surface area contributed by atoms with Crippen LogP contribution in [0.1, 0.15) is 13.3 Å². The van der Waals surface area contributed by atoms with E-state index in [2.05, 4.69) is 10.3 Å². The van der Waals surface area contributed by atoms with Crippen LogP contribution in [0.4, 0.5) is 11.4 Å². The van der Waals surface area contributed by atoms with Crippen molar-refractivity contribution in [3.05, 3.63) is 72.8 Å². The molecule has 0 radical (unpaired) electrons. The van der Waals surface area contributed by atoms with E-state index < -0.39 is 0 Å². The van der Waals surface area contributed by atoms with Crippen LogP contribution in [0.25, 0.3) is 22.6 Å². The van der Waals surface area contributed by atoms with Crippen molar-refractivity contribution < 1.29 is 9.21 Å². The van der Waals surface area contributed by atoms with Gasteiger partial charge in [0.05, 0.1) is 5.25 Å². The van der Waals surface area contributed by atoms with Gasteiger partial charge in [-0.2, -0.15) is 0 Å². The fourth-order valence-corrected chi connectivity index (χ4v) is 4.01. The SMILES string of the molecule is CCC(Sc1cccc(N)c1)C(=O)Nc1ccc(-c2nc3ccccc3o2)cc1. The van der Waals surface area contributed by atoms with Crippen LogP contribution >= 0.6 is 11.8 Å². The van der Waals surface area contributed by atoms with Gasteiger partial charge in [-0.15, -0.1) is 11.8 Å². The van der Waals surface area contributed by atoms with Crippen molar-refractivity contribution in [3.8, 4) is 11.5 Å². The Morgan fingerprint density at radius 3 is 2.62 bits per heavy atom. The van der Waals surface area contributed by atoms with Crippen LogP contribution in [0.3, 0.4) is 0 Å². The molecule has 0 aliphatic carbocycles. The van der Waals surface area contributed by atoms with Crippen molar-refractivity contribution in [1.82, 2.24) is 4.98 Å². The lowest BCUT2D eigenvalue weighted by atomic mass is 10.2. The van der Waals surface area contributed by atoms with Crippen molar-refractivity contribution in [2.75, 3.05) is 11.1 Å². The molecule has 0 aliphatic rings. The quantitative estimate of drug-likeness (QED) is 0.324. The van der Waals surface area contributed by atoms with Gasteiger partial charge in [-0.05, 0) is 61.0 Å². The number of oxazole rings is 1. The second kappa shape index (κ2) is 8.41. The van der Waals surface area contributed by atoms with E-state index >= 15 is 0 Å². The summed E-state index contributed by atoms with van der Waals surface area (Å²) >= 11 is 1.52. The van der Waals surface area contributed by atoms with Crippen molar-refractivity contribution >= 4 is 40.1 Å². The first kappa shape index (κ1) is 19.1. The number of thioether (sulfide) groups is 1. The number of anilines is 2. The van der Waals surface area contributed by atoms with Gasteiger partial charge in [0.25, 0.3) is 0 Å². The highest BCUT2D eigenvalue weighted by Gasteiger charge is 2.18. The molecule has 0 bridgehead atoms. The molecule has 1 aromatic heterocycles. The third kappa shape index (κ3) is 4.43. The van der Waals surface area contributed by atoms with Crippen LogP contribution in [-0.4, -0.2) is 16.1 Å².